The number of methoxy groups -OCH3 is 1. The van der Waals surface area contributed by atoms with E-state index in [4.69, 9.17) is 9.47 Å². The van der Waals surface area contributed by atoms with Crippen LogP contribution >= 0.6 is 0 Å². The van der Waals surface area contributed by atoms with Gasteiger partial charge in [0.1, 0.15) is 11.4 Å². The molecule has 1 aliphatic carbocycles. The Labute approximate surface area is 121 Å². The number of esters is 1. The number of hydrogen-bond donors (Lipinski definition) is 0. The van der Waals surface area contributed by atoms with Crippen molar-refractivity contribution in [3.63, 3.8) is 0 Å². The summed E-state index contributed by atoms with van der Waals surface area (Å²) in [7, 11) is 1.43. The monoisotopic (exact) mass is 276 g/mol. The highest BCUT2D eigenvalue weighted by molar-refractivity contribution is 5.70. The van der Waals surface area contributed by atoms with Crippen LogP contribution < -0.4 is 4.74 Å². The summed E-state index contributed by atoms with van der Waals surface area (Å²) in [4.78, 5) is 11.5. The van der Waals surface area contributed by atoms with E-state index in [2.05, 4.69) is 32.9 Å². The number of benzene rings is 1. The predicted octanol–water partition coefficient (Wildman–Crippen LogP) is 3.85. The van der Waals surface area contributed by atoms with Gasteiger partial charge in [-0.15, -0.1) is 0 Å². The van der Waals surface area contributed by atoms with E-state index >= 15 is 0 Å². The molecule has 1 aromatic rings. The van der Waals surface area contributed by atoms with Gasteiger partial charge in [0.2, 0.25) is 0 Å². The molecule has 0 heterocycles. The molecule has 0 radical (unpaired) electrons. The minimum atomic E-state index is -0.358. The van der Waals surface area contributed by atoms with E-state index < -0.39 is 0 Å². The first kappa shape index (κ1) is 14.9. The molecular weight excluding hydrogens is 252 g/mol. The second-order valence-electron chi connectivity index (χ2n) is 6.67. The van der Waals surface area contributed by atoms with Gasteiger partial charge in [0.05, 0.1) is 13.5 Å². The van der Waals surface area contributed by atoms with Crippen LogP contribution in [-0.2, 0) is 14.9 Å². The molecular formula is C17H24O3. The summed E-state index contributed by atoms with van der Waals surface area (Å²) in [5.74, 6) is 0.651. The van der Waals surface area contributed by atoms with E-state index in [1.807, 2.05) is 12.1 Å². The zero-order valence-electron chi connectivity index (χ0n) is 12.9. The Balaban J connectivity index is 2.14. The number of ether oxygens (including phenoxy) is 2. The maximum absolute atomic E-state index is 11.5. The Kier molecular flexibility index (Phi) is 4.07. The molecule has 3 nitrogen and oxygen atoms in total. The zero-order valence-corrected chi connectivity index (χ0v) is 12.9. The highest BCUT2D eigenvalue weighted by Gasteiger charge is 2.42. The molecule has 1 aromatic carbocycles. The van der Waals surface area contributed by atoms with Gasteiger partial charge in [0.25, 0.3) is 0 Å². The van der Waals surface area contributed by atoms with Crippen LogP contribution in [-0.4, -0.2) is 18.7 Å². The summed E-state index contributed by atoms with van der Waals surface area (Å²) in [5.41, 5.74) is 0.973. The van der Waals surface area contributed by atoms with Gasteiger partial charge in [-0.25, -0.2) is 0 Å². The largest absolute Gasteiger partial charge is 0.487 e. The summed E-state index contributed by atoms with van der Waals surface area (Å²) in [6, 6.07) is 8.17. The van der Waals surface area contributed by atoms with Crippen molar-refractivity contribution in [2.75, 3.05) is 7.11 Å². The number of carbonyl (C=O) groups excluding carboxylic acids is 1. The molecule has 20 heavy (non-hydrogen) atoms. The standard InChI is InChI=1S/C17H24O3/c1-16(2,3)13-7-5-8-14(11-13)20-17(9-6-10-17)12-15(18)19-4/h5,7-8,11H,6,9-10,12H2,1-4H3. The van der Waals surface area contributed by atoms with Crippen molar-refractivity contribution in [3.8, 4) is 5.75 Å². The van der Waals surface area contributed by atoms with Crippen LogP contribution in [0.15, 0.2) is 24.3 Å². The van der Waals surface area contributed by atoms with Gasteiger partial charge in [-0.3, -0.25) is 4.79 Å². The third-order valence-corrected chi connectivity index (χ3v) is 3.99. The van der Waals surface area contributed by atoms with E-state index in [1.165, 1.54) is 12.7 Å². The quantitative estimate of drug-likeness (QED) is 0.784. The lowest BCUT2D eigenvalue weighted by molar-refractivity contribution is -0.148. The zero-order chi connectivity index (χ0) is 14.8. The molecule has 0 aliphatic heterocycles. The predicted molar refractivity (Wildman–Crippen MR) is 79.0 cm³/mol. The first-order valence-electron chi connectivity index (χ1n) is 7.21. The molecule has 1 aliphatic rings. The van der Waals surface area contributed by atoms with Gasteiger partial charge in [-0.2, -0.15) is 0 Å². The fourth-order valence-electron chi connectivity index (χ4n) is 2.50. The smallest absolute Gasteiger partial charge is 0.309 e. The highest BCUT2D eigenvalue weighted by Crippen LogP contribution is 2.40. The van der Waals surface area contributed by atoms with Crippen LogP contribution in [0.25, 0.3) is 0 Å². The molecule has 0 unspecified atom stereocenters. The van der Waals surface area contributed by atoms with Gasteiger partial charge < -0.3 is 9.47 Å². The molecule has 110 valence electrons. The van der Waals surface area contributed by atoms with Gasteiger partial charge in [-0.1, -0.05) is 32.9 Å². The van der Waals surface area contributed by atoms with Crippen molar-refractivity contribution in [1.29, 1.82) is 0 Å². The maximum Gasteiger partial charge on any atom is 0.309 e. The first-order chi connectivity index (χ1) is 9.35. The third-order valence-electron chi connectivity index (χ3n) is 3.99. The van der Waals surface area contributed by atoms with E-state index in [-0.39, 0.29) is 17.0 Å². The molecule has 0 saturated heterocycles. The summed E-state index contributed by atoms with van der Waals surface area (Å²) < 4.78 is 10.9. The van der Waals surface area contributed by atoms with Gasteiger partial charge in [0.15, 0.2) is 0 Å². The Morgan fingerprint density at radius 2 is 2.00 bits per heavy atom. The van der Waals surface area contributed by atoms with E-state index in [0.717, 1.165) is 25.0 Å². The van der Waals surface area contributed by atoms with E-state index in [0.29, 0.717) is 6.42 Å². The summed E-state index contributed by atoms with van der Waals surface area (Å²) >= 11 is 0. The van der Waals surface area contributed by atoms with Gasteiger partial charge >= 0.3 is 5.97 Å². The fourth-order valence-corrected chi connectivity index (χ4v) is 2.50. The lowest BCUT2D eigenvalue weighted by Crippen LogP contribution is -2.45. The van der Waals surface area contributed by atoms with Crippen LogP contribution in [0.3, 0.4) is 0 Å². The van der Waals surface area contributed by atoms with Crippen molar-refractivity contribution in [2.45, 2.75) is 57.5 Å². The minimum Gasteiger partial charge on any atom is -0.487 e. The topological polar surface area (TPSA) is 35.5 Å². The van der Waals surface area contributed by atoms with Gasteiger partial charge in [0, 0.05) is 0 Å². The van der Waals surface area contributed by atoms with Crippen LogP contribution in [0.4, 0.5) is 0 Å². The summed E-state index contributed by atoms with van der Waals surface area (Å²) in [6.07, 6.45) is 3.28. The number of carbonyl (C=O) groups is 1. The molecule has 2 rings (SSSR count). The third kappa shape index (κ3) is 3.33. The van der Waals surface area contributed by atoms with Crippen LogP contribution in [0.2, 0.25) is 0 Å². The molecule has 3 heteroatoms. The maximum atomic E-state index is 11.5. The van der Waals surface area contributed by atoms with Gasteiger partial charge in [-0.05, 0) is 42.4 Å². The lowest BCUT2D eigenvalue weighted by Gasteiger charge is -2.41. The normalized spacial score (nSPS) is 17.2. The molecule has 0 aromatic heterocycles. The number of rotatable bonds is 4. The van der Waals surface area contributed by atoms with Crippen molar-refractivity contribution < 1.29 is 14.3 Å². The lowest BCUT2D eigenvalue weighted by atomic mass is 9.77. The Morgan fingerprint density at radius 3 is 2.50 bits per heavy atom. The van der Waals surface area contributed by atoms with Crippen molar-refractivity contribution >= 4 is 5.97 Å². The second-order valence-corrected chi connectivity index (χ2v) is 6.67. The molecule has 0 N–H and O–H groups in total. The van der Waals surface area contributed by atoms with E-state index in [1.54, 1.807) is 0 Å². The van der Waals surface area contributed by atoms with Crippen molar-refractivity contribution in [3.05, 3.63) is 29.8 Å². The van der Waals surface area contributed by atoms with Crippen LogP contribution in [0.5, 0.6) is 5.75 Å². The van der Waals surface area contributed by atoms with Crippen molar-refractivity contribution in [1.82, 2.24) is 0 Å². The fraction of sp³-hybridized carbons (Fsp3) is 0.588. The Hall–Kier alpha value is -1.51. The van der Waals surface area contributed by atoms with E-state index in [9.17, 15) is 4.79 Å². The summed E-state index contributed by atoms with van der Waals surface area (Å²) in [5, 5.41) is 0. The number of hydrogen-bond acceptors (Lipinski definition) is 3. The first-order valence-corrected chi connectivity index (χ1v) is 7.21. The average Bonchev–Trinajstić information content (AvgIpc) is 2.35. The molecule has 1 fully saturated rings. The molecule has 1 saturated carbocycles. The average molecular weight is 276 g/mol. The van der Waals surface area contributed by atoms with Crippen molar-refractivity contribution in [2.24, 2.45) is 0 Å². The highest BCUT2D eigenvalue weighted by atomic mass is 16.5. The minimum absolute atomic E-state index is 0.0918. The molecule has 0 bridgehead atoms. The molecule has 0 spiro atoms. The Bertz CT molecular complexity index is 481. The SMILES string of the molecule is COC(=O)CC1(Oc2cccc(C(C)(C)C)c2)CCC1. The van der Waals surface area contributed by atoms with Crippen LogP contribution in [0, 0.1) is 0 Å². The Morgan fingerprint density at radius 1 is 1.30 bits per heavy atom. The molecule has 0 amide bonds. The second kappa shape index (κ2) is 5.47. The van der Waals surface area contributed by atoms with Crippen LogP contribution in [0.1, 0.15) is 52.0 Å². The molecule has 0 atom stereocenters. The summed E-state index contributed by atoms with van der Waals surface area (Å²) in [6.45, 7) is 6.54.